The van der Waals surface area contributed by atoms with Crippen molar-refractivity contribution in [2.75, 3.05) is 30.4 Å². The number of hydrogen-bond acceptors (Lipinski definition) is 6. The molecule has 1 aromatic carbocycles. The van der Waals surface area contributed by atoms with Crippen LogP contribution in [0.1, 0.15) is 41.6 Å². The van der Waals surface area contributed by atoms with Crippen LogP contribution in [0, 0.1) is 6.92 Å². The van der Waals surface area contributed by atoms with Crippen molar-refractivity contribution in [3.8, 4) is 5.88 Å². The number of carbonyl (C=O) groups excluding carboxylic acids is 1. The number of methoxy groups -OCH3 is 1. The Balaban J connectivity index is 1.96. The minimum absolute atomic E-state index is 0.0629. The Hall–Kier alpha value is -2.65. The number of nitrogens with zero attached hydrogens (tertiary/aromatic N) is 2. The first-order valence-electron chi connectivity index (χ1n) is 9.54. The zero-order valence-corrected chi connectivity index (χ0v) is 17.5. The van der Waals surface area contributed by atoms with Gasteiger partial charge in [0.15, 0.2) is 0 Å². The van der Waals surface area contributed by atoms with E-state index in [0.717, 1.165) is 44.3 Å². The molecule has 0 radical (unpaired) electrons. The van der Waals surface area contributed by atoms with Gasteiger partial charge in [-0.2, -0.15) is 4.98 Å². The van der Waals surface area contributed by atoms with Gasteiger partial charge in [-0.3, -0.25) is 4.79 Å². The highest BCUT2D eigenvalue weighted by Gasteiger charge is 2.22. The summed E-state index contributed by atoms with van der Waals surface area (Å²) in [5.74, 6) is 0.695. The zero-order chi connectivity index (χ0) is 21.0. The molecule has 0 aliphatic carbocycles. The molecule has 1 aromatic heterocycles. The number of hydrogen-bond donors (Lipinski definition) is 2. The highest BCUT2D eigenvalue weighted by atomic mass is 32.2. The van der Waals surface area contributed by atoms with Crippen LogP contribution in [0.3, 0.4) is 0 Å². The van der Waals surface area contributed by atoms with Crippen LogP contribution in [0.2, 0.25) is 0 Å². The maximum absolute atomic E-state index is 13.1. The fourth-order valence-corrected chi connectivity index (χ4v) is 3.99. The minimum Gasteiger partial charge on any atom is -0.481 e. The molecule has 3 N–H and O–H groups in total. The first-order valence-corrected chi connectivity index (χ1v) is 11.1. The van der Waals surface area contributed by atoms with E-state index in [0.29, 0.717) is 22.9 Å². The summed E-state index contributed by atoms with van der Waals surface area (Å²) < 4.78 is 28.5. The first kappa shape index (κ1) is 21.1. The number of rotatable bonds is 5. The molecule has 0 bridgehead atoms. The molecule has 1 fully saturated rings. The van der Waals surface area contributed by atoms with Gasteiger partial charge >= 0.3 is 0 Å². The van der Waals surface area contributed by atoms with Crippen LogP contribution < -0.4 is 20.1 Å². The average molecular weight is 419 g/mol. The standard InChI is InChI=1S/C20H26N4O4S/c1-14-12-17(18(23-20(14)28-2)24-10-5-3-4-6-11-24)19(25)22-15-8-7-9-16(13-15)29(21,26)27/h7-9,12-13H,3-6,10-11H2,1-2H3,(H,22,25)(H2,21,26,27). The van der Waals surface area contributed by atoms with E-state index < -0.39 is 10.0 Å². The van der Waals surface area contributed by atoms with Gasteiger partial charge in [0.1, 0.15) is 5.82 Å². The Morgan fingerprint density at radius 3 is 2.48 bits per heavy atom. The lowest BCUT2D eigenvalue weighted by Crippen LogP contribution is -2.28. The first-order chi connectivity index (χ1) is 13.8. The van der Waals surface area contributed by atoms with E-state index in [9.17, 15) is 13.2 Å². The van der Waals surface area contributed by atoms with E-state index in [2.05, 4.69) is 15.2 Å². The van der Waals surface area contributed by atoms with Crippen molar-refractivity contribution in [2.24, 2.45) is 5.14 Å². The summed E-state index contributed by atoms with van der Waals surface area (Å²) in [6, 6.07) is 7.62. The summed E-state index contributed by atoms with van der Waals surface area (Å²) in [5.41, 5.74) is 1.51. The third-order valence-electron chi connectivity index (χ3n) is 4.91. The number of aryl methyl sites for hydroxylation is 1. The lowest BCUT2D eigenvalue weighted by molar-refractivity contribution is 0.102. The van der Waals surface area contributed by atoms with E-state index in [1.165, 1.54) is 18.2 Å². The highest BCUT2D eigenvalue weighted by Crippen LogP contribution is 2.28. The Morgan fingerprint density at radius 2 is 1.86 bits per heavy atom. The van der Waals surface area contributed by atoms with Gasteiger partial charge in [-0.1, -0.05) is 18.9 Å². The van der Waals surface area contributed by atoms with Crippen molar-refractivity contribution in [3.63, 3.8) is 0 Å². The molecular weight excluding hydrogens is 392 g/mol. The molecule has 1 aliphatic rings. The number of pyridine rings is 1. The number of anilines is 2. The summed E-state index contributed by atoms with van der Waals surface area (Å²) in [6.45, 7) is 3.47. The second kappa shape index (κ2) is 8.79. The van der Waals surface area contributed by atoms with Crippen LogP contribution in [0.4, 0.5) is 11.5 Å². The fourth-order valence-electron chi connectivity index (χ4n) is 3.43. The molecule has 29 heavy (non-hydrogen) atoms. The van der Waals surface area contributed by atoms with Gasteiger partial charge < -0.3 is 15.0 Å². The number of primary sulfonamides is 1. The van der Waals surface area contributed by atoms with Crippen molar-refractivity contribution in [1.82, 2.24) is 4.98 Å². The zero-order valence-electron chi connectivity index (χ0n) is 16.6. The third-order valence-corrected chi connectivity index (χ3v) is 5.82. The van der Waals surface area contributed by atoms with Crippen LogP contribution in [0.25, 0.3) is 0 Å². The molecular formula is C20H26N4O4S. The van der Waals surface area contributed by atoms with Gasteiger partial charge in [0, 0.05) is 24.3 Å². The van der Waals surface area contributed by atoms with Gasteiger partial charge in [0.25, 0.3) is 5.91 Å². The summed E-state index contributed by atoms with van der Waals surface area (Å²) in [4.78, 5) is 19.7. The largest absolute Gasteiger partial charge is 0.481 e. The number of sulfonamides is 1. The highest BCUT2D eigenvalue weighted by molar-refractivity contribution is 7.89. The molecule has 0 saturated carbocycles. The number of benzene rings is 1. The summed E-state index contributed by atoms with van der Waals surface area (Å²) in [6.07, 6.45) is 4.38. The van der Waals surface area contributed by atoms with Crippen LogP contribution in [0.15, 0.2) is 35.2 Å². The predicted molar refractivity (Wildman–Crippen MR) is 112 cm³/mol. The van der Waals surface area contributed by atoms with Gasteiger partial charge in [0.05, 0.1) is 17.6 Å². The van der Waals surface area contributed by atoms with Gasteiger partial charge in [-0.25, -0.2) is 13.6 Å². The van der Waals surface area contributed by atoms with Crippen LogP contribution in [-0.4, -0.2) is 39.5 Å². The Kier molecular flexibility index (Phi) is 6.39. The third kappa shape index (κ3) is 5.04. The fraction of sp³-hybridized carbons (Fsp3) is 0.400. The van der Waals surface area contributed by atoms with Crippen molar-refractivity contribution in [1.29, 1.82) is 0 Å². The quantitative estimate of drug-likeness (QED) is 0.771. The van der Waals surface area contributed by atoms with Gasteiger partial charge in [-0.15, -0.1) is 0 Å². The second-order valence-corrected chi connectivity index (χ2v) is 8.68. The van der Waals surface area contributed by atoms with E-state index in [4.69, 9.17) is 9.88 Å². The summed E-state index contributed by atoms with van der Waals surface area (Å²) in [7, 11) is -2.30. The molecule has 1 saturated heterocycles. The maximum Gasteiger partial charge on any atom is 0.259 e. The number of nitrogens with two attached hydrogens (primary N) is 1. The number of carbonyl (C=O) groups is 1. The Labute approximate surface area is 171 Å². The monoisotopic (exact) mass is 418 g/mol. The van der Waals surface area contributed by atoms with Crippen molar-refractivity contribution >= 4 is 27.4 Å². The number of amides is 1. The normalized spacial score (nSPS) is 14.9. The van der Waals surface area contributed by atoms with E-state index >= 15 is 0 Å². The smallest absolute Gasteiger partial charge is 0.259 e. The van der Waals surface area contributed by atoms with E-state index in [1.807, 2.05) is 6.92 Å². The molecule has 1 amide bonds. The molecule has 1 aliphatic heterocycles. The van der Waals surface area contributed by atoms with E-state index in [1.54, 1.807) is 19.2 Å². The molecule has 0 spiro atoms. The lowest BCUT2D eigenvalue weighted by Gasteiger charge is -2.25. The molecule has 9 heteroatoms. The number of nitrogens with one attached hydrogen (secondary N) is 1. The van der Waals surface area contributed by atoms with Crippen LogP contribution in [0.5, 0.6) is 5.88 Å². The van der Waals surface area contributed by atoms with Crippen molar-refractivity contribution in [2.45, 2.75) is 37.5 Å². The molecule has 3 rings (SSSR count). The SMILES string of the molecule is COc1nc(N2CCCCCC2)c(C(=O)Nc2cccc(S(N)(=O)=O)c2)cc1C. The number of ether oxygens (including phenoxy) is 1. The number of aromatic nitrogens is 1. The Bertz CT molecular complexity index is 1000. The predicted octanol–water partition coefficient (Wildman–Crippen LogP) is 2.68. The van der Waals surface area contributed by atoms with E-state index in [-0.39, 0.29) is 10.8 Å². The maximum atomic E-state index is 13.1. The van der Waals surface area contributed by atoms with Gasteiger partial charge in [0.2, 0.25) is 15.9 Å². The van der Waals surface area contributed by atoms with Crippen molar-refractivity contribution < 1.29 is 17.9 Å². The molecule has 2 aromatic rings. The molecule has 2 heterocycles. The molecule has 8 nitrogen and oxygen atoms in total. The van der Waals surface area contributed by atoms with Crippen LogP contribution in [-0.2, 0) is 10.0 Å². The summed E-state index contributed by atoms with van der Waals surface area (Å²) in [5, 5.41) is 7.95. The lowest BCUT2D eigenvalue weighted by atomic mass is 10.1. The van der Waals surface area contributed by atoms with Gasteiger partial charge in [-0.05, 0) is 44.0 Å². The average Bonchev–Trinajstić information content (AvgIpc) is 2.96. The molecule has 156 valence electrons. The van der Waals surface area contributed by atoms with Crippen molar-refractivity contribution in [3.05, 3.63) is 41.5 Å². The Morgan fingerprint density at radius 1 is 1.17 bits per heavy atom. The molecule has 0 atom stereocenters. The topological polar surface area (TPSA) is 115 Å². The minimum atomic E-state index is -3.86. The second-order valence-electron chi connectivity index (χ2n) is 7.11. The summed E-state index contributed by atoms with van der Waals surface area (Å²) >= 11 is 0. The van der Waals surface area contributed by atoms with Crippen LogP contribution >= 0.6 is 0 Å². The molecule has 0 unspecified atom stereocenters.